The molecule has 70 valence electrons. The number of nitrogens with zero attached hydrogens (tertiary/aromatic N) is 2. The Morgan fingerprint density at radius 1 is 1.62 bits per heavy atom. The van der Waals surface area contributed by atoms with E-state index < -0.39 is 12.1 Å². The van der Waals surface area contributed by atoms with Gasteiger partial charge in [0.1, 0.15) is 0 Å². The Morgan fingerprint density at radius 3 is 2.85 bits per heavy atom. The number of rotatable bonds is 1. The molecule has 2 nitrogen and oxygen atoms in total. The van der Waals surface area contributed by atoms with Crippen LogP contribution in [-0.2, 0) is 0 Å². The Kier molecular flexibility index (Phi) is 2.71. The fourth-order valence-corrected chi connectivity index (χ4v) is 1.14. The molecule has 0 aromatic carbocycles. The summed E-state index contributed by atoms with van der Waals surface area (Å²) in [5.74, 6) is -1.57. The zero-order valence-corrected chi connectivity index (χ0v) is 6.67. The minimum Gasteiger partial charge on any atom is -0.292 e. The fraction of sp³-hybridized carbons (Fsp3) is 0.500. The third-order valence-corrected chi connectivity index (χ3v) is 1.81. The number of nitriles is 1. The molecule has 0 aromatic rings. The molecule has 1 aliphatic heterocycles. The topological polar surface area (TPSA) is 36.1 Å². The first-order chi connectivity index (χ1) is 6.05. The van der Waals surface area contributed by atoms with Gasteiger partial charge in [-0.15, -0.1) is 0 Å². The maximum Gasteiger partial charge on any atom is 0.397 e. The highest BCUT2D eigenvalue weighted by Gasteiger charge is 2.42. The van der Waals surface area contributed by atoms with Gasteiger partial charge in [0.2, 0.25) is 0 Å². The molecule has 0 saturated carbocycles. The summed E-state index contributed by atoms with van der Waals surface area (Å²) in [5.41, 5.74) is 0.102. The van der Waals surface area contributed by atoms with Gasteiger partial charge in [-0.3, -0.25) is 4.99 Å². The van der Waals surface area contributed by atoms with Gasteiger partial charge in [0.15, 0.2) is 0 Å². The van der Waals surface area contributed by atoms with Gasteiger partial charge in [-0.1, -0.05) is 0 Å². The maximum atomic E-state index is 12.3. The summed E-state index contributed by atoms with van der Waals surface area (Å²) in [5, 5.41) is 8.30. The number of hydrogen-bond acceptors (Lipinski definition) is 2. The summed E-state index contributed by atoms with van der Waals surface area (Å²) in [6.07, 6.45) is -1.89. The predicted octanol–water partition coefficient (Wildman–Crippen LogP) is 2.09. The van der Waals surface area contributed by atoms with Gasteiger partial charge in [0.25, 0.3) is 0 Å². The van der Waals surface area contributed by atoms with Crippen LogP contribution in [0.5, 0.6) is 0 Å². The van der Waals surface area contributed by atoms with E-state index in [2.05, 4.69) is 4.99 Å². The van der Waals surface area contributed by atoms with Crippen molar-refractivity contribution in [3.63, 3.8) is 0 Å². The van der Waals surface area contributed by atoms with Gasteiger partial charge in [-0.2, -0.15) is 18.4 Å². The summed E-state index contributed by atoms with van der Waals surface area (Å²) in [4.78, 5) is 3.53. The Balaban J connectivity index is 2.82. The molecule has 1 rings (SSSR count). The molecule has 5 heteroatoms. The van der Waals surface area contributed by atoms with Crippen molar-refractivity contribution < 1.29 is 13.2 Å². The second kappa shape index (κ2) is 3.60. The van der Waals surface area contributed by atoms with Crippen molar-refractivity contribution in [2.75, 3.05) is 6.54 Å². The van der Waals surface area contributed by atoms with Crippen molar-refractivity contribution in [1.82, 2.24) is 0 Å². The molecule has 13 heavy (non-hydrogen) atoms. The van der Waals surface area contributed by atoms with E-state index in [1.807, 2.05) is 0 Å². The molecule has 0 fully saturated rings. The molecule has 0 saturated heterocycles. The van der Waals surface area contributed by atoms with E-state index in [1.165, 1.54) is 12.3 Å². The van der Waals surface area contributed by atoms with Gasteiger partial charge >= 0.3 is 6.18 Å². The summed E-state index contributed by atoms with van der Waals surface area (Å²) in [6, 6.07) is 1.71. The van der Waals surface area contributed by atoms with Gasteiger partial charge in [0.05, 0.1) is 25.0 Å². The average Bonchev–Trinajstić information content (AvgIpc) is 2.04. The minimum absolute atomic E-state index is 0.102. The first-order valence-electron chi connectivity index (χ1n) is 3.68. The molecular formula is C8H7F3N2. The first-order valence-corrected chi connectivity index (χ1v) is 3.68. The van der Waals surface area contributed by atoms with Crippen LogP contribution in [-0.4, -0.2) is 18.9 Å². The highest BCUT2D eigenvalue weighted by atomic mass is 19.4. The average molecular weight is 188 g/mol. The van der Waals surface area contributed by atoms with Crippen molar-refractivity contribution in [3.05, 3.63) is 11.6 Å². The van der Waals surface area contributed by atoms with E-state index >= 15 is 0 Å². The van der Waals surface area contributed by atoms with E-state index in [-0.39, 0.29) is 18.5 Å². The van der Waals surface area contributed by atoms with Crippen molar-refractivity contribution >= 4 is 6.21 Å². The molecule has 0 aromatic heterocycles. The highest BCUT2D eigenvalue weighted by Crippen LogP contribution is 2.34. The van der Waals surface area contributed by atoms with Crippen LogP contribution < -0.4 is 0 Å². The smallest absolute Gasteiger partial charge is 0.292 e. The van der Waals surface area contributed by atoms with Gasteiger partial charge in [0, 0.05) is 6.21 Å². The van der Waals surface area contributed by atoms with Crippen molar-refractivity contribution in [2.45, 2.75) is 12.6 Å². The fourth-order valence-electron chi connectivity index (χ4n) is 1.14. The van der Waals surface area contributed by atoms with Gasteiger partial charge in [-0.05, 0) is 11.6 Å². The lowest BCUT2D eigenvalue weighted by Crippen LogP contribution is -2.29. The molecule has 0 spiro atoms. The lowest BCUT2D eigenvalue weighted by molar-refractivity contribution is -0.161. The molecular weight excluding hydrogens is 181 g/mol. The van der Waals surface area contributed by atoms with Crippen LogP contribution in [0.1, 0.15) is 6.42 Å². The number of halogens is 3. The Morgan fingerprint density at radius 2 is 2.31 bits per heavy atom. The van der Waals surface area contributed by atoms with Crippen LogP contribution >= 0.6 is 0 Å². The molecule has 0 amide bonds. The van der Waals surface area contributed by atoms with Crippen molar-refractivity contribution in [3.8, 4) is 6.07 Å². The summed E-state index contributed by atoms with van der Waals surface area (Å²) in [6.45, 7) is -0.295. The van der Waals surface area contributed by atoms with E-state index in [1.54, 1.807) is 6.07 Å². The second-order valence-corrected chi connectivity index (χ2v) is 2.68. The number of allylic oxidation sites excluding steroid dienone is 1. The Hall–Kier alpha value is -1.31. The van der Waals surface area contributed by atoms with Crippen LogP contribution in [0.2, 0.25) is 0 Å². The molecule has 1 heterocycles. The third-order valence-electron chi connectivity index (χ3n) is 1.81. The maximum absolute atomic E-state index is 12.3. The zero-order valence-electron chi connectivity index (χ0n) is 6.67. The van der Waals surface area contributed by atoms with Crippen LogP contribution in [0.25, 0.3) is 0 Å². The number of alkyl halides is 3. The zero-order chi connectivity index (χ0) is 9.90. The van der Waals surface area contributed by atoms with Crippen molar-refractivity contribution in [2.24, 2.45) is 10.9 Å². The SMILES string of the molecule is N#CCC1=CC=NCC1C(F)(F)F. The lowest BCUT2D eigenvalue weighted by atomic mass is 9.94. The largest absolute Gasteiger partial charge is 0.397 e. The summed E-state index contributed by atoms with van der Waals surface area (Å²) in [7, 11) is 0. The summed E-state index contributed by atoms with van der Waals surface area (Å²) >= 11 is 0. The van der Waals surface area contributed by atoms with Gasteiger partial charge in [-0.25, -0.2) is 0 Å². The minimum atomic E-state index is -4.29. The standard InChI is InChI=1S/C8H7F3N2/c9-8(10,11)7-5-13-4-2-6(7)1-3-12/h2,4,7H,1,5H2. The normalized spacial score (nSPS) is 22.3. The lowest BCUT2D eigenvalue weighted by Gasteiger charge is -2.21. The first kappa shape index (κ1) is 9.78. The monoisotopic (exact) mass is 188 g/mol. The van der Waals surface area contributed by atoms with E-state index in [0.29, 0.717) is 0 Å². The van der Waals surface area contributed by atoms with Crippen LogP contribution in [0, 0.1) is 17.2 Å². The van der Waals surface area contributed by atoms with Gasteiger partial charge < -0.3 is 0 Å². The molecule has 0 aliphatic carbocycles. The highest BCUT2D eigenvalue weighted by molar-refractivity contribution is 5.73. The molecule has 1 unspecified atom stereocenters. The molecule has 1 atom stereocenters. The number of aliphatic imine (C=N–C) groups is 1. The summed E-state index contributed by atoms with van der Waals surface area (Å²) < 4.78 is 36.9. The Labute approximate surface area is 73.4 Å². The quantitative estimate of drug-likeness (QED) is 0.620. The van der Waals surface area contributed by atoms with Crippen molar-refractivity contribution in [1.29, 1.82) is 5.26 Å². The molecule has 1 aliphatic rings. The van der Waals surface area contributed by atoms with E-state index in [9.17, 15) is 13.2 Å². The van der Waals surface area contributed by atoms with E-state index in [0.717, 1.165) is 0 Å². The van der Waals surface area contributed by atoms with Crippen LogP contribution in [0.3, 0.4) is 0 Å². The van der Waals surface area contributed by atoms with Crippen LogP contribution in [0.4, 0.5) is 13.2 Å². The predicted molar refractivity (Wildman–Crippen MR) is 41.2 cm³/mol. The molecule has 0 radical (unpaired) electrons. The van der Waals surface area contributed by atoms with E-state index in [4.69, 9.17) is 5.26 Å². The number of hydrogen-bond donors (Lipinski definition) is 0. The number of dihydropyridines is 1. The molecule has 0 N–H and O–H groups in total. The third kappa shape index (κ3) is 2.31. The Bertz CT molecular complexity index is 283. The van der Waals surface area contributed by atoms with Crippen LogP contribution in [0.15, 0.2) is 16.6 Å². The molecule has 0 bridgehead atoms. The second-order valence-electron chi connectivity index (χ2n) is 2.68.